The molecule has 4 rings (SSSR count). The lowest BCUT2D eigenvalue weighted by atomic mass is 10.2. The summed E-state index contributed by atoms with van der Waals surface area (Å²) < 4.78 is 0. The number of nitrogens with one attached hydrogen (secondary N) is 1. The maximum atomic E-state index is 12.4. The summed E-state index contributed by atoms with van der Waals surface area (Å²) in [5.41, 5.74) is 1.67. The zero-order valence-corrected chi connectivity index (χ0v) is 15.1. The van der Waals surface area contributed by atoms with Crippen molar-refractivity contribution >= 4 is 34.3 Å². The predicted molar refractivity (Wildman–Crippen MR) is 102 cm³/mol. The topological polar surface area (TPSA) is 78.7 Å². The molecule has 7 nitrogen and oxygen atoms in total. The third kappa shape index (κ3) is 3.50. The lowest BCUT2D eigenvalue weighted by molar-refractivity contribution is -0.384. The van der Waals surface area contributed by atoms with Gasteiger partial charge in [-0.05, 0) is 36.4 Å². The molecular weight excluding hydrogens is 352 g/mol. The summed E-state index contributed by atoms with van der Waals surface area (Å²) in [5.74, 6) is 0.0828. The van der Waals surface area contributed by atoms with Crippen LogP contribution in [-0.4, -0.2) is 48.0 Å². The quantitative estimate of drug-likeness (QED) is 0.644. The zero-order chi connectivity index (χ0) is 18.1. The van der Waals surface area contributed by atoms with Crippen molar-refractivity contribution in [3.8, 4) is 0 Å². The summed E-state index contributed by atoms with van der Waals surface area (Å²) >= 11 is 1.46. The first-order chi connectivity index (χ1) is 12.6. The van der Waals surface area contributed by atoms with Gasteiger partial charge >= 0.3 is 0 Å². The number of amides is 1. The average Bonchev–Trinajstić information content (AvgIpc) is 3.30. The highest BCUT2D eigenvalue weighted by atomic mass is 32.1. The molecule has 2 fully saturated rings. The van der Waals surface area contributed by atoms with Crippen molar-refractivity contribution in [1.29, 1.82) is 0 Å². The van der Waals surface area contributed by atoms with Gasteiger partial charge in [0.25, 0.3) is 11.6 Å². The summed E-state index contributed by atoms with van der Waals surface area (Å²) in [6, 6.07) is 9.33. The van der Waals surface area contributed by atoms with E-state index in [1.807, 2.05) is 28.5 Å². The van der Waals surface area contributed by atoms with Crippen molar-refractivity contribution in [2.24, 2.45) is 0 Å². The second-order valence-electron chi connectivity index (χ2n) is 6.63. The molecule has 1 saturated heterocycles. The van der Waals surface area contributed by atoms with E-state index in [0.29, 0.717) is 24.8 Å². The standard InChI is InChI=1S/C18H20N4O3S/c23-18(17-2-1-11-26-17)21-9-7-20(8-10-21)14-5-6-16(22(24)25)15(12-14)19-13-3-4-13/h1-2,5-6,11-13,19H,3-4,7-10H2. The van der Waals surface area contributed by atoms with Crippen LogP contribution in [0.3, 0.4) is 0 Å². The van der Waals surface area contributed by atoms with Crippen molar-refractivity contribution in [3.63, 3.8) is 0 Å². The van der Waals surface area contributed by atoms with Gasteiger partial charge in [-0.1, -0.05) is 6.07 Å². The Hall–Kier alpha value is -2.61. The van der Waals surface area contributed by atoms with Crippen molar-refractivity contribution in [1.82, 2.24) is 4.90 Å². The third-order valence-corrected chi connectivity index (χ3v) is 5.64. The van der Waals surface area contributed by atoms with E-state index in [9.17, 15) is 14.9 Å². The SMILES string of the molecule is O=C(c1cccs1)N1CCN(c2ccc([N+](=O)[O-])c(NC3CC3)c2)CC1. The Kier molecular flexibility index (Phi) is 4.50. The van der Waals surface area contributed by atoms with Crippen LogP contribution < -0.4 is 10.2 Å². The third-order valence-electron chi connectivity index (χ3n) is 4.78. The molecule has 26 heavy (non-hydrogen) atoms. The maximum absolute atomic E-state index is 12.4. The van der Waals surface area contributed by atoms with Crippen molar-refractivity contribution in [3.05, 3.63) is 50.7 Å². The molecule has 0 radical (unpaired) electrons. The predicted octanol–water partition coefficient (Wildman–Crippen LogP) is 3.19. The highest BCUT2D eigenvalue weighted by Crippen LogP contribution is 2.34. The van der Waals surface area contributed by atoms with E-state index in [1.165, 1.54) is 11.3 Å². The molecule has 0 atom stereocenters. The lowest BCUT2D eigenvalue weighted by Crippen LogP contribution is -2.48. The first kappa shape index (κ1) is 16.8. The van der Waals surface area contributed by atoms with Crippen LogP contribution in [0.2, 0.25) is 0 Å². The Morgan fingerprint density at radius 3 is 2.58 bits per heavy atom. The van der Waals surface area contributed by atoms with Crippen LogP contribution in [0.5, 0.6) is 0 Å². The summed E-state index contributed by atoms with van der Waals surface area (Å²) in [4.78, 5) is 28.2. The second kappa shape index (κ2) is 6.95. The van der Waals surface area contributed by atoms with Crippen LogP contribution in [0.25, 0.3) is 0 Å². The molecule has 0 bridgehead atoms. The van der Waals surface area contributed by atoms with Crippen LogP contribution in [0.1, 0.15) is 22.5 Å². The van der Waals surface area contributed by atoms with E-state index < -0.39 is 0 Å². The van der Waals surface area contributed by atoms with Gasteiger partial charge in [-0.25, -0.2) is 0 Å². The first-order valence-electron chi connectivity index (χ1n) is 8.74. The number of anilines is 2. The summed E-state index contributed by atoms with van der Waals surface area (Å²) in [6.07, 6.45) is 2.12. The zero-order valence-electron chi connectivity index (χ0n) is 14.3. The number of carbonyl (C=O) groups excluding carboxylic acids is 1. The van der Waals surface area contributed by atoms with Gasteiger partial charge in [0.2, 0.25) is 0 Å². The monoisotopic (exact) mass is 372 g/mol. The molecule has 1 amide bonds. The van der Waals surface area contributed by atoms with Crippen LogP contribution >= 0.6 is 11.3 Å². The number of piperazine rings is 1. The fourth-order valence-electron chi connectivity index (χ4n) is 3.17. The summed E-state index contributed by atoms with van der Waals surface area (Å²) in [6.45, 7) is 2.74. The van der Waals surface area contributed by atoms with E-state index in [4.69, 9.17) is 0 Å². The molecule has 0 spiro atoms. The number of nitro benzene ring substituents is 1. The molecule has 8 heteroatoms. The van der Waals surface area contributed by atoms with Crippen LogP contribution in [-0.2, 0) is 0 Å². The van der Waals surface area contributed by atoms with Crippen LogP contribution in [0, 0.1) is 10.1 Å². The number of hydrogen-bond acceptors (Lipinski definition) is 6. The smallest absolute Gasteiger partial charge is 0.292 e. The van der Waals surface area contributed by atoms with E-state index >= 15 is 0 Å². The first-order valence-corrected chi connectivity index (χ1v) is 9.62. The maximum Gasteiger partial charge on any atom is 0.292 e. The number of nitro groups is 1. The molecule has 136 valence electrons. The molecular formula is C18H20N4O3S. The van der Waals surface area contributed by atoms with Gasteiger partial charge in [-0.2, -0.15) is 0 Å². The number of nitrogens with zero attached hydrogens (tertiary/aromatic N) is 3. The van der Waals surface area contributed by atoms with E-state index in [2.05, 4.69) is 10.2 Å². The molecule has 1 aromatic carbocycles. The van der Waals surface area contributed by atoms with E-state index in [0.717, 1.165) is 36.5 Å². The van der Waals surface area contributed by atoms with E-state index in [-0.39, 0.29) is 16.5 Å². The van der Waals surface area contributed by atoms with Gasteiger partial charge in [0.05, 0.1) is 9.80 Å². The number of thiophene rings is 1. The van der Waals surface area contributed by atoms with Gasteiger partial charge in [0.1, 0.15) is 5.69 Å². The fraction of sp³-hybridized carbons (Fsp3) is 0.389. The Bertz CT molecular complexity index is 812. The second-order valence-corrected chi connectivity index (χ2v) is 7.58. The Morgan fingerprint density at radius 1 is 1.19 bits per heavy atom. The summed E-state index contributed by atoms with van der Waals surface area (Å²) in [7, 11) is 0. The van der Waals surface area contributed by atoms with Gasteiger partial charge in [0.15, 0.2) is 0 Å². The minimum Gasteiger partial charge on any atom is -0.377 e. The van der Waals surface area contributed by atoms with Crippen molar-refractivity contribution in [2.45, 2.75) is 18.9 Å². The lowest BCUT2D eigenvalue weighted by Gasteiger charge is -2.36. The number of benzene rings is 1. The van der Waals surface area contributed by atoms with Gasteiger partial charge < -0.3 is 15.1 Å². The number of hydrogen-bond donors (Lipinski definition) is 1. The van der Waals surface area contributed by atoms with Gasteiger partial charge in [-0.15, -0.1) is 11.3 Å². The molecule has 2 aliphatic rings. The molecule has 2 heterocycles. The van der Waals surface area contributed by atoms with Crippen molar-refractivity contribution < 1.29 is 9.72 Å². The number of carbonyl (C=O) groups is 1. The molecule has 1 saturated carbocycles. The fourth-order valence-corrected chi connectivity index (χ4v) is 3.86. The molecule has 1 aromatic heterocycles. The Labute approximate surface area is 155 Å². The largest absolute Gasteiger partial charge is 0.377 e. The highest BCUT2D eigenvalue weighted by Gasteiger charge is 2.27. The van der Waals surface area contributed by atoms with Crippen LogP contribution in [0.4, 0.5) is 17.1 Å². The van der Waals surface area contributed by atoms with Crippen LogP contribution in [0.15, 0.2) is 35.7 Å². The molecule has 1 N–H and O–H groups in total. The highest BCUT2D eigenvalue weighted by molar-refractivity contribution is 7.12. The number of rotatable bonds is 5. The molecule has 1 aliphatic heterocycles. The minimum atomic E-state index is -0.341. The van der Waals surface area contributed by atoms with Gasteiger partial charge in [0, 0.05) is 44.0 Å². The van der Waals surface area contributed by atoms with E-state index in [1.54, 1.807) is 12.1 Å². The molecule has 1 aliphatic carbocycles. The Balaban J connectivity index is 1.45. The van der Waals surface area contributed by atoms with Gasteiger partial charge in [-0.3, -0.25) is 14.9 Å². The molecule has 2 aromatic rings. The average molecular weight is 372 g/mol. The summed E-state index contributed by atoms with van der Waals surface area (Å²) in [5, 5.41) is 16.4. The normalized spacial score (nSPS) is 17.2. The minimum absolute atomic E-state index is 0.0828. The Morgan fingerprint density at radius 2 is 1.96 bits per heavy atom. The van der Waals surface area contributed by atoms with Crippen molar-refractivity contribution in [2.75, 3.05) is 36.4 Å². The molecule has 0 unspecified atom stereocenters.